The Kier molecular flexibility index (Phi) is 3.45. The van der Waals surface area contributed by atoms with Gasteiger partial charge in [-0.15, -0.1) is 10.2 Å². The van der Waals surface area contributed by atoms with Gasteiger partial charge in [-0.1, -0.05) is 25.7 Å². The predicted molar refractivity (Wildman–Crippen MR) is 62.5 cm³/mol. The molecule has 1 aromatic heterocycles. The summed E-state index contributed by atoms with van der Waals surface area (Å²) in [5.74, 6) is 0.0942. The fraction of sp³-hybridized carbons (Fsp3) is 0.750. The number of aryl methyl sites for hydroxylation is 1. The Bertz CT molecular complexity index is 392. The van der Waals surface area contributed by atoms with Crippen LogP contribution in [0, 0.1) is 5.41 Å². The first-order valence-electron chi connectivity index (χ1n) is 6.20. The minimum atomic E-state index is -0.678. The van der Waals surface area contributed by atoms with Crippen LogP contribution in [0.3, 0.4) is 0 Å². The molecule has 1 fully saturated rings. The van der Waals surface area contributed by atoms with Gasteiger partial charge in [0.2, 0.25) is 0 Å². The summed E-state index contributed by atoms with van der Waals surface area (Å²) >= 11 is 0. The topological polar surface area (TPSA) is 68.0 Å². The number of hydrogen-bond donors (Lipinski definition) is 1. The molecule has 0 unspecified atom stereocenters. The highest BCUT2D eigenvalue weighted by Crippen LogP contribution is 2.37. The van der Waals surface area contributed by atoms with E-state index >= 15 is 0 Å². The van der Waals surface area contributed by atoms with Gasteiger partial charge in [0.15, 0.2) is 0 Å². The number of hydrogen-bond acceptors (Lipinski definition) is 3. The number of aliphatic carboxylic acids is 1. The van der Waals surface area contributed by atoms with Crippen molar-refractivity contribution in [2.24, 2.45) is 12.5 Å². The van der Waals surface area contributed by atoms with Crippen molar-refractivity contribution in [3.63, 3.8) is 0 Å². The van der Waals surface area contributed by atoms with Crippen LogP contribution < -0.4 is 0 Å². The molecular formula is C12H19N3O2. The van der Waals surface area contributed by atoms with E-state index in [1.807, 2.05) is 11.6 Å². The van der Waals surface area contributed by atoms with Crippen molar-refractivity contribution >= 4 is 5.97 Å². The van der Waals surface area contributed by atoms with E-state index in [2.05, 4.69) is 10.2 Å². The van der Waals surface area contributed by atoms with E-state index in [0.717, 1.165) is 44.3 Å². The van der Waals surface area contributed by atoms with Crippen LogP contribution in [0.1, 0.15) is 44.3 Å². The summed E-state index contributed by atoms with van der Waals surface area (Å²) < 4.78 is 1.82. The number of rotatable bonds is 3. The molecule has 0 radical (unpaired) electrons. The van der Waals surface area contributed by atoms with Gasteiger partial charge in [-0.3, -0.25) is 4.79 Å². The molecule has 1 N–H and O–H groups in total. The van der Waals surface area contributed by atoms with Crippen LogP contribution in [0.5, 0.6) is 0 Å². The first-order valence-corrected chi connectivity index (χ1v) is 6.20. The molecule has 94 valence electrons. The predicted octanol–water partition coefficient (Wildman–Crippen LogP) is 1.78. The highest BCUT2D eigenvalue weighted by Gasteiger charge is 2.39. The molecule has 0 spiro atoms. The van der Waals surface area contributed by atoms with Crippen molar-refractivity contribution in [3.05, 3.63) is 12.2 Å². The minimum absolute atomic E-state index is 0.499. The van der Waals surface area contributed by atoms with Crippen LogP contribution in [0.2, 0.25) is 0 Å². The summed E-state index contributed by atoms with van der Waals surface area (Å²) in [5, 5.41) is 17.4. The van der Waals surface area contributed by atoms with Crippen molar-refractivity contribution in [1.82, 2.24) is 14.8 Å². The number of aromatic nitrogens is 3. The van der Waals surface area contributed by atoms with Gasteiger partial charge in [0.1, 0.15) is 12.2 Å². The highest BCUT2D eigenvalue weighted by atomic mass is 16.4. The maximum absolute atomic E-state index is 11.6. The SMILES string of the molecule is Cn1cnnc1CC1(C(=O)O)CCCCCC1. The number of carbonyl (C=O) groups is 1. The normalized spacial score (nSPS) is 19.8. The average molecular weight is 237 g/mol. The molecule has 0 aliphatic heterocycles. The second kappa shape index (κ2) is 4.85. The lowest BCUT2D eigenvalue weighted by Crippen LogP contribution is -2.33. The van der Waals surface area contributed by atoms with Crippen LogP contribution in [-0.4, -0.2) is 25.8 Å². The highest BCUT2D eigenvalue weighted by molar-refractivity contribution is 5.75. The number of carboxylic acids is 1. The number of nitrogens with zero attached hydrogens (tertiary/aromatic N) is 3. The molecule has 5 heteroatoms. The zero-order valence-corrected chi connectivity index (χ0v) is 10.2. The lowest BCUT2D eigenvalue weighted by molar-refractivity contribution is -0.150. The van der Waals surface area contributed by atoms with Gasteiger partial charge in [-0.05, 0) is 12.8 Å². The Morgan fingerprint density at radius 3 is 2.53 bits per heavy atom. The third kappa shape index (κ3) is 2.48. The molecule has 17 heavy (non-hydrogen) atoms. The quantitative estimate of drug-likeness (QED) is 0.814. The average Bonchev–Trinajstić information content (AvgIpc) is 2.54. The molecule has 0 bridgehead atoms. The van der Waals surface area contributed by atoms with Gasteiger partial charge in [-0.25, -0.2) is 0 Å². The number of carboxylic acid groups (broad SMARTS) is 1. The minimum Gasteiger partial charge on any atom is -0.481 e. The second-order valence-electron chi connectivity index (χ2n) is 5.03. The van der Waals surface area contributed by atoms with Crippen molar-refractivity contribution in [1.29, 1.82) is 0 Å². The van der Waals surface area contributed by atoms with Crippen molar-refractivity contribution in [2.75, 3.05) is 0 Å². The first kappa shape index (κ1) is 12.1. The summed E-state index contributed by atoms with van der Waals surface area (Å²) in [6, 6.07) is 0. The van der Waals surface area contributed by atoms with Gasteiger partial charge in [0.25, 0.3) is 0 Å². The van der Waals surface area contributed by atoms with E-state index in [1.165, 1.54) is 0 Å². The summed E-state index contributed by atoms with van der Waals surface area (Å²) in [6.07, 6.45) is 7.95. The van der Waals surface area contributed by atoms with Crippen LogP contribution in [0.4, 0.5) is 0 Å². The molecule has 1 aromatic rings. The monoisotopic (exact) mass is 237 g/mol. The van der Waals surface area contributed by atoms with E-state index < -0.39 is 11.4 Å². The van der Waals surface area contributed by atoms with Crippen molar-refractivity contribution in [3.8, 4) is 0 Å². The molecule has 0 saturated heterocycles. The fourth-order valence-electron chi connectivity index (χ4n) is 2.64. The zero-order chi connectivity index (χ0) is 12.3. The molecule has 5 nitrogen and oxygen atoms in total. The summed E-state index contributed by atoms with van der Waals surface area (Å²) in [7, 11) is 1.86. The summed E-state index contributed by atoms with van der Waals surface area (Å²) in [5.41, 5.74) is -0.628. The standard InChI is InChI=1S/C12H19N3O2/c1-15-9-13-14-10(15)8-12(11(16)17)6-4-2-3-5-7-12/h9H,2-8H2,1H3,(H,16,17). The van der Waals surface area contributed by atoms with Crippen molar-refractivity contribution < 1.29 is 9.90 Å². The molecule has 0 atom stereocenters. The third-order valence-electron chi connectivity index (χ3n) is 3.82. The van der Waals surface area contributed by atoms with Crippen LogP contribution in [0.15, 0.2) is 6.33 Å². The molecule has 1 heterocycles. The maximum atomic E-state index is 11.6. The Morgan fingerprint density at radius 2 is 2.06 bits per heavy atom. The van der Waals surface area contributed by atoms with Gasteiger partial charge in [-0.2, -0.15) is 0 Å². The second-order valence-corrected chi connectivity index (χ2v) is 5.03. The van der Waals surface area contributed by atoms with E-state index in [-0.39, 0.29) is 0 Å². The van der Waals surface area contributed by atoms with Crippen LogP contribution >= 0.6 is 0 Å². The van der Waals surface area contributed by atoms with Crippen molar-refractivity contribution in [2.45, 2.75) is 44.9 Å². The molecule has 1 saturated carbocycles. The molecule has 1 aliphatic rings. The largest absolute Gasteiger partial charge is 0.481 e. The van der Waals surface area contributed by atoms with E-state index in [4.69, 9.17) is 0 Å². The lowest BCUT2D eigenvalue weighted by Gasteiger charge is -2.27. The summed E-state index contributed by atoms with van der Waals surface area (Å²) in [6.45, 7) is 0. The molecule has 0 aromatic carbocycles. The Labute approximate surface area is 101 Å². The van der Waals surface area contributed by atoms with Gasteiger partial charge in [0, 0.05) is 13.5 Å². The molecule has 0 amide bonds. The van der Waals surface area contributed by atoms with E-state index in [9.17, 15) is 9.90 Å². The maximum Gasteiger partial charge on any atom is 0.310 e. The van der Waals surface area contributed by atoms with Gasteiger partial charge >= 0.3 is 5.97 Å². The molecule has 2 rings (SSSR count). The first-order chi connectivity index (χ1) is 8.14. The van der Waals surface area contributed by atoms with Crippen LogP contribution in [0.25, 0.3) is 0 Å². The lowest BCUT2D eigenvalue weighted by atomic mass is 9.77. The van der Waals surface area contributed by atoms with Crippen LogP contribution in [-0.2, 0) is 18.3 Å². The Hall–Kier alpha value is -1.39. The summed E-state index contributed by atoms with van der Waals surface area (Å²) in [4.78, 5) is 11.6. The van der Waals surface area contributed by atoms with Gasteiger partial charge < -0.3 is 9.67 Å². The van der Waals surface area contributed by atoms with Gasteiger partial charge in [0.05, 0.1) is 5.41 Å². The molecular weight excluding hydrogens is 218 g/mol. The zero-order valence-electron chi connectivity index (χ0n) is 10.2. The molecule has 1 aliphatic carbocycles. The fourth-order valence-corrected chi connectivity index (χ4v) is 2.64. The Balaban J connectivity index is 2.21. The van der Waals surface area contributed by atoms with E-state index in [1.54, 1.807) is 6.33 Å². The third-order valence-corrected chi connectivity index (χ3v) is 3.82. The van der Waals surface area contributed by atoms with E-state index in [0.29, 0.717) is 6.42 Å². The smallest absolute Gasteiger partial charge is 0.310 e. The Morgan fingerprint density at radius 1 is 1.41 bits per heavy atom.